The molecular formula is C13H10BrF3N2. The lowest BCUT2D eigenvalue weighted by atomic mass is 10.1. The first-order chi connectivity index (χ1) is 8.97. The minimum absolute atomic E-state index is 0.300. The lowest BCUT2D eigenvalue weighted by Crippen LogP contribution is -2.07. The first-order valence-electron chi connectivity index (χ1n) is 5.47. The van der Waals surface area contributed by atoms with Crippen LogP contribution in [0, 0.1) is 0 Å². The summed E-state index contributed by atoms with van der Waals surface area (Å²) in [5.74, 6) is 0. The number of benzene rings is 1. The first kappa shape index (κ1) is 13.9. The molecule has 0 aliphatic carbocycles. The number of rotatable bonds is 3. The number of anilines is 1. The van der Waals surface area contributed by atoms with E-state index >= 15 is 0 Å². The number of aromatic nitrogens is 1. The van der Waals surface area contributed by atoms with Crippen LogP contribution in [-0.4, -0.2) is 4.98 Å². The molecule has 19 heavy (non-hydrogen) atoms. The molecule has 2 aromatic rings. The first-order valence-corrected chi connectivity index (χ1v) is 6.26. The van der Waals surface area contributed by atoms with Crippen LogP contribution in [0.25, 0.3) is 0 Å². The van der Waals surface area contributed by atoms with Crippen molar-refractivity contribution in [3.63, 3.8) is 0 Å². The van der Waals surface area contributed by atoms with E-state index in [-0.39, 0.29) is 0 Å². The van der Waals surface area contributed by atoms with Gasteiger partial charge in [0.05, 0.1) is 11.3 Å². The molecule has 0 radical (unpaired) electrons. The molecule has 0 unspecified atom stereocenters. The van der Waals surface area contributed by atoms with E-state index in [0.29, 0.717) is 16.7 Å². The number of hydrogen-bond acceptors (Lipinski definition) is 2. The Morgan fingerprint density at radius 3 is 2.63 bits per heavy atom. The summed E-state index contributed by atoms with van der Waals surface area (Å²) in [5.41, 5.74) is 0.655. The molecule has 1 aromatic heterocycles. The number of hydrogen-bond donors (Lipinski definition) is 1. The van der Waals surface area contributed by atoms with E-state index in [1.54, 1.807) is 24.4 Å². The van der Waals surface area contributed by atoms with E-state index < -0.39 is 11.7 Å². The number of alkyl halides is 3. The zero-order chi connectivity index (χ0) is 13.9. The Balaban J connectivity index is 2.10. The fraction of sp³-hybridized carbons (Fsp3) is 0.154. The normalized spacial score (nSPS) is 11.4. The van der Waals surface area contributed by atoms with Gasteiger partial charge in [0.1, 0.15) is 4.60 Å². The van der Waals surface area contributed by atoms with E-state index in [0.717, 1.165) is 17.8 Å². The second kappa shape index (κ2) is 5.61. The maximum atomic E-state index is 12.6. The van der Waals surface area contributed by atoms with Gasteiger partial charge in [-0.25, -0.2) is 4.98 Å². The largest absolute Gasteiger partial charge is 0.416 e. The minimum atomic E-state index is -4.31. The monoisotopic (exact) mass is 330 g/mol. The summed E-state index contributed by atoms with van der Waals surface area (Å²) in [6, 6.07) is 8.79. The average molecular weight is 331 g/mol. The molecule has 0 amide bonds. The Bertz CT molecular complexity index is 570. The maximum absolute atomic E-state index is 12.6. The molecular weight excluding hydrogens is 321 g/mol. The van der Waals surface area contributed by atoms with Gasteiger partial charge in [0.25, 0.3) is 0 Å². The molecule has 0 saturated carbocycles. The highest BCUT2D eigenvalue weighted by Crippen LogP contribution is 2.29. The zero-order valence-electron chi connectivity index (χ0n) is 9.71. The van der Waals surface area contributed by atoms with Crippen molar-refractivity contribution in [3.05, 3.63) is 58.3 Å². The van der Waals surface area contributed by atoms with E-state index in [1.165, 1.54) is 6.07 Å². The summed E-state index contributed by atoms with van der Waals surface area (Å²) in [6.07, 6.45) is -2.69. The van der Waals surface area contributed by atoms with Gasteiger partial charge in [-0.15, -0.1) is 0 Å². The number of halogens is 4. The summed E-state index contributed by atoms with van der Waals surface area (Å²) in [5, 5.41) is 3.03. The van der Waals surface area contributed by atoms with Gasteiger partial charge >= 0.3 is 6.18 Å². The lowest BCUT2D eigenvalue weighted by Gasteiger charge is -2.10. The van der Waals surface area contributed by atoms with Gasteiger partial charge in [-0.05, 0) is 45.8 Å². The average Bonchev–Trinajstić information content (AvgIpc) is 2.37. The van der Waals surface area contributed by atoms with Gasteiger partial charge in [-0.3, -0.25) is 0 Å². The fourth-order valence-electron chi connectivity index (χ4n) is 1.57. The molecule has 0 aliphatic rings. The van der Waals surface area contributed by atoms with E-state index in [2.05, 4.69) is 26.2 Å². The van der Waals surface area contributed by atoms with Gasteiger partial charge in [0.15, 0.2) is 0 Å². The molecule has 2 rings (SSSR count). The molecule has 0 fully saturated rings. The van der Waals surface area contributed by atoms with Crippen LogP contribution in [0.2, 0.25) is 0 Å². The zero-order valence-corrected chi connectivity index (χ0v) is 11.3. The highest BCUT2D eigenvalue weighted by Gasteiger charge is 2.30. The fourth-order valence-corrected chi connectivity index (χ4v) is 1.96. The van der Waals surface area contributed by atoms with Crippen molar-refractivity contribution >= 4 is 21.6 Å². The topological polar surface area (TPSA) is 24.9 Å². The molecule has 1 N–H and O–H groups in total. The van der Waals surface area contributed by atoms with Gasteiger partial charge in [0, 0.05) is 12.7 Å². The molecule has 1 aromatic carbocycles. The summed E-state index contributed by atoms with van der Waals surface area (Å²) in [4.78, 5) is 4.02. The highest BCUT2D eigenvalue weighted by molar-refractivity contribution is 9.10. The molecule has 1 heterocycles. The van der Waals surface area contributed by atoms with Gasteiger partial charge in [-0.1, -0.05) is 12.1 Å². The minimum Gasteiger partial charge on any atom is -0.379 e. The van der Waals surface area contributed by atoms with E-state index in [9.17, 15) is 13.2 Å². The van der Waals surface area contributed by atoms with Crippen molar-refractivity contribution in [1.82, 2.24) is 4.98 Å². The number of nitrogens with zero attached hydrogens (tertiary/aromatic N) is 1. The quantitative estimate of drug-likeness (QED) is 0.839. The van der Waals surface area contributed by atoms with E-state index in [4.69, 9.17) is 0 Å². The molecule has 100 valence electrons. The third-order valence-electron chi connectivity index (χ3n) is 2.50. The second-order valence-electron chi connectivity index (χ2n) is 3.89. The predicted octanol–water partition coefficient (Wildman–Crippen LogP) is 4.48. The SMILES string of the molecule is FC(F)(F)c1cccc(CNc2cccnc2Br)c1. The van der Waals surface area contributed by atoms with Crippen LogP contribution >= 0.6 is 15.9 Å². The highest BCUT2D eigenvalue weighted by atomic mass is 79.9. The van der Waals surface area contributed by atoms with Crippen molar-refractivity contribution in [2.24, 2.45) is 0 Å². The van der Waals surface area contributed by atoms with E-state index in [1.807, 2.05) is 0 Å². The smallest absolute Gasteiger partial charge is 0.379 e. The van der Waals surface area contributed by atoms with Crippen LogP contribution in [-0.2, 0) is 12.7 Å². The Kier molecular flexibility index (Phi) is 4.09. The standard InChI is InChI=1S/C13H10BrF3N2/c14-12-11(5-2-6-18-12)19-8-9-3-1-4-10(7-9)13(15,16)17/h1-7,19H,8H2. The summed E-state index contributed by atoms with van der Waals surface area (Å²) < 4.78 is 38.3. The van der Waals surface area contributed by atoms with Crippen molar-refractivity contribution in [3.8, 4) is 0 Å². The van der Waals surface area contributed by atoms with Crippen molar-refractivity contribution in [1.29, 1.82) is 0 Å². The van der Waals surface area contributed by atoms with Crippen molar-refractivity contribution in [2.75, 3.05) is 5.32 Å². The Labute approximate surface area is 116 Å². The van der Waals surface area contributed by atoms with Gasteiger partial charge < -0.3 is 5.32 Å². The predicted molar refractivity (Wildman–Crippen MR) is 70.7 cm³/mol. The van der Waals surface area contributed by atoms with Crippen LogP contribution in [0.1, 0.15) is 11.1 Å². The third kappa shape index (κ3) is 3.70. The molecule has 0 spiro atoms. The van der Waals surface area contributed by atoms with Crippen molar-refractivity contribution in [2.45, 2.75) is 12.7 Å². The molecule has 0 aliphatic heterocycles. The van der Waals surface area contributed by atoms with Crippen molar-refractivity contribution < 1.29 is 13.2 Å². The summed E-state index contributed by atoms with van der Waals surface area (Å²) in [7, 11) is 0. The lowest BCUT2D eigenvalue weighted by molar-refractivity contribution is -0.137. The number of pyridine rings is 1. The van der Waals surface area contributed by atoms with Crippen LogP contribution in [0.15, 0.2) is 47.2 Å². The van der Waals surface area contributed by atoms with Crippen LogP contribution in [0.4, 0.5) is 18.9 Å². The second-order valence-corrected chi connectivity index (χ2v) is 4.64. The molecule has 6 heteroatoms. The summed E-state index contributed by atoms with van der Waals surface area (Å²) in [6.45, 7) is 0.300. The van der Waals surface area contributed by atoms with Crippen LogP contribution in [0.3, 0.4) is 0 Å². The Morgan fingerprint density at radius 1 is 1.16 bits per heavy atom. The van der Waals surface area contributed by atoms with Crippen LogP contribution in [0.5, 0.6) is 0 Å². The Morgan fingerprint density at radius 2 is 1.95 bits per heavy atom. The maximum Gasteiger partial charge on any atom is 0.416 e. The molecule has 0 saturated heterocycles. The molecule has 0 atom stereocenters. The number of nitrogens with one attached hydrogen (secondary N) is 1. The third-order valence-corrected chi connectivity index (χ3v) is 3.13. The molecule has 0 bridgehead atoms. The molecule has 2 nitrogen and oxygen atoms in total. The Hall–Kier alpha value is -1.56. The summed E-state index contributed by atoms with van der Waals surface area (Å²) >= 11 is 3.26. The van der Waals surface area contributed by atoms with Gasteiger partial charge in [-0.2, -0.15) is 13.2 Å². The van der Waals surface area contributed by atoms with Gasteiger partial charge in [0.2, 0.25) is 0 Å². The van der Waals surface area contributed by atoms with Crippen LogP contribution < -0.4 is 5.32 Å².